The van der Waals surface area contributed by atoms with Crippen molar-refractivity contribution < 1.29 is 18.3 Å². The number of nitrogens with zero attached hydrogens (tertiary/aromatic N) is 2. The van der Waals surface area contributed by atoms with Crippen LogP contribution in [0.2, 0.25) is 0 Å². The highest BCUT2D eigenvalue weighted by Crippen LogP contribution is 2.07. The molecule has 122 valence electrons. The van der Waals surface area contributed by atoms with Crippen LogP contribution in [0, 0.1) is 0 Å². The van der Waals surface area contributed by atoms with Crippen molar-refractivity contribution in [2.24, 2.45) is 0 Å². The maximum Gasteiger partial charge on any atom is 0.243 e. The van der Waals surface area contributed by atoms with Crippen LogP contribution in [0.3, 0.4) is 0 Å². The Morgan fingerprint density at radius 2 is 2.10 bits per heavy atom. The van der Waals surface area contributed by atoms with Gasteiger partial charge in [-0.3, -0.25) is 4.68 Å². The molecule has 0 amide bonds. The Labute approximate surface area is 126 Å². The molecule has 0 saturated heterocycles. The first-order chi connectivity index (χ1) is 10.1. The Balaban J connectivity index is 2.31. The Hall–Kier alpha value is -0.960. The molecule has 0 saturated carbocycles. The van der Waals surface area contributed by atoms with Gasteiger partial charge in [0.05, 0.1) is 6.20 Å². The van der Waals surface area contributed by atoms with Gasteiger partial charge in [0.1, 0.15) is 4.90 Å². The first-order valence-corrected chi connectivity index (χ1v) is 8.79. The smallest absolute Gasteiger partial charge is 0.243 e. The third-order valence-electron chi connectivity index (χ3n) is 2.86. The summed E-state index contributed by atoms with van der Waals surface area (Å²) < 4.78 is 33.4. The van der Waals surface area contributed by atoms with Crippen molar-refractivity contribution in [3.63, 3.8) is 0 Å². The van der Waals surface area contributed by atoms with Crippen LogP contribution in [-0.2, 0) is 21.3 Å². The molecule has 7 nitrogen and oxygen atoms in total. The first kappa shape index (κ1) is 18.1. The fourth-order valence-electron chi connectivity index (χ4n) is 1.65. The molecule has 2 N–H and O–H groups in total. The Bertz CT molecular complexity index is 487. The normalized spacial score (nSPS) is 11.9. The molecule has 1 heterocycles. The summed E-state index contributed by atoms with van der Waals surface area (Å²) in [5.74, 6) is 0. The van der Waals surface area contributed by atoms with E-state index < -0.39 is 10.0 Å². The summed E-state index contributed by atoms with van der Waals surface area (Å²) in [6, 6.07) is 0. The molecular weight excluding hydrogens is 294 g/mol. The van der Waals surface area contributed by atoms with Gasteiger partial charge in [0.2, 0.25) is 10.0 Å². The number of aryl methyl sites for hydroxylation is 1. The summed E-state index contributed by atoms with van der Waals surface area (Å²) in [7, 11) is -3.51. The number of ether oxygens (including phenoxy) is 1. The standard InChI is InChI=1S/C13H25N3O4S/c1-2-3-9-20-10-4-6-15-21(18,19)13-11-14-16(12-13)7-5-8-17/h11-12,15,17H,2-10H2,1H3. The summed E-state index contributed by atoms with van der Waals surface area (Å²) in [6.07, 6.45) is 6.09. The molecule has 1 aromatic heterocycles. The van der Waals surface area contributed by atoms with Crippen LogP contribution in [0.1, 0.15) is 32.6 Å². The average Bonchev–Trinajstić information content (AvgIpc) is 2.94. The molecule has 8 heteroatoms. The van der Waals surface area contributed by atoms with Crippen LogP contribution in [0.25, 0.3) is 0 Å². The van der Waals surface area contributed by atoms with Gasteiger partial charge < -0.3 is 9.84 Å². The molecule has 21 heavy (non-hydrogen) atoms. The molecule has 0 aliphatic heterocycles. The number of hydrogen-bond acceptors (Lipinski definition) is 5. The predicted molar refractivity (Wildman–Crippen MR) is 79.5 cm³/mol. The molecule has 0 radical (unpaired) electrons. The highest BCUT2D eigenvalue weighted by molar-refractivity contribution is 7.89. The molecule has 0 unspecified atom stereocenters. The molecule has 0 spiro atoms. The summed E-state index contributed by atoms with van der Waals surface area (Å²) in [4.78, 5) is 0.146. The van der Waals surface area contributed by atoms with Crippen molar-refractivity contribution in [3.8, 4) is 0 Å². The topological polar surface area (TPSA) is 93.5 Å². The summed E-state index contributed by atoms with van der Waals surface area (Å²) in [5, 5.41) is 12.7. The lowest BCUT2D eigenvalue weighted by molar-refractivity contribution is 0.130. The lowest BCUT2D eigenvalue weighted by Gasteiger charge is -2.05. The monoisotopic (exact) mass is 319 g/mol. The van der Waals surface area contributed by atoms with E-state index in [4.69, 9.17) is 9.84 Å². The molecule has 0 atom stereocenters. The minimum atomic E-state index is -3.51. The highest BCUT2D eigenvalue weighted by atomic mass is 32.2. The number of aliphatic hydroxyl groups excluding tert-OH is 1. The Morgan fingerprint density at radius 1 is 1.33 bits per heavy atom. The number of aromatic nitrogens is 2. The van der Waals surface area contributed by atoms with Crippen molar-refractivity contribution >= 4 is 10.0 Å². The molecule has 0 bridgehead atoms. The SMILES string of the molecule is CCCCOCCCNS(=O)(=O)c1cnn(CCCO)c1. The fraction of sp³-hybridized carbons (Fsp3) is 0.769. The first-order valence-electron chi connectivity index (χ1n) is 7.31. The lowest BCUT2D eigenvalue weighted by atomic mass is 10.4. The molecule has 0 fully saturated rings. The fourth-order valence-corrected chi connectivity index (χ4v) is 2.68. The Kier molecular flexibility index (Phi) is 8.51. The van der Waals surface area contributed by atoms with Gasteiger partial charge in [-0.05, 0) is 19.3 Å². The van der Waals surface area contributed by atoms with Crippen molar-refractivity contribution in [1.82, 2.24) is 14.5 Å². The van der Waals surface area contributed by atoms with E-state index in [1.54, 1.807) is 0 Å². The van der Waals surface area contributed by atoms with Gasteiger partial charge >= 0.3 is 0 Å². The van der Waals surface area contributed by atoms with E-state index in [0.29, 0.717) is 32.5 Å². The molecule has 0 aliphatic rings. The second-order valence-electron chi connectivity index (χ2n) is 4.73. The minimum absolute atomic E-state index is 0.0538. The highest BCUT2D eigenvalue weighted by Gasteiger charge is 2.15. The van der Waals surface area contributed by atoms with Crippen LogP contribution in [0.5, 0.6) is 0 Å². The number of aliphatic hydroxyl groups is 1. The van der Waals surface area contributed by atoms with Crippen molar-refractivity contribution in [2.75, 3.05) is 26.4 Å². The van der Waals surface area contributed by atoms with Gasteiger partial charge in [0.25, 0.3) is 0 Å². The molecule has 1 rings (SSSR count). The van der Waals surface area contributed by atoms with Gasteiger partial charge in [-0.25, -0.2) is 13.1 Å². The summed E-state index contributed by atoms with van der Waals surface area (Å²) >= 11 is 0. The zero-order valence-electron chi connectivity index (χ0n) is 12.5. The lowest BCUT2D eigenvalue weighted by Crippen LogP contribution is -2.25. The molecule has 0 aliphatic carbocycles. The second kappa shape index (κ2) is 9.88. The van der Waals surface area contributed by atoms with Crippen molar-refractivity contribution in [3.05, 3.63) is 12.4 Å². The van der Waals surface area contributed by atoms with Gasteiger partial charge in [-0.2, -0.15) is 5.10 Å². The van der Waals surface area contributed by atoms with E-state index in [2.05, 4.69) is 16.7 Å². The van der Waals surface area contributed by atoms with Crippen LogP contribution in [0.15, 0.2) is 17.3 Å². The largest absolute Gasteiger partial charge is 0.396 e. The van der Waals surface area contributed by atoms with Gasteiger partial charge in [-0.15, -0.1) is 0 Å². The average molecular weight is 319 g/mol. The minimum Gasteiger partial charge on any atom is -0.396 e. The van der Waals surface area contributed by atoms with E-state index in [1.807, 2.05) is 0 Å². The van der Waals surface area contributed by atoms with E-state index in [-0.39, 0.29) is 11.5 Å². The van der Waals surface area contributed by atoms with E-state index in [1.165, 1.54) is 17.1 Å². The van der Waals surface area contributed by atoms with Crippen LogP contribution >= 0.6 is 0 Å². The quantitative estimate of drug-likeness (QED) is 0.555. The zero-order chi connectivity index (χ0) is 15.6. The zero-order valence-corrected chi connectivity index (χ0v) is 13.3. The maximum absolute atomic E-state index is 12.0. The molecule has 1 aromatic rings. The maximum atomic E-state index is 12.0. The number of hydrogen-bond donors (Lipinski definition) is 2. The number of rotatable bonds is 12. The number of nitrogens with one attached hydrogen (secondary N) is 1. The molecule has 0 aromatic carbocycles. The number of unbranched alkanes of at least 4 members (excludes halogenated alkanes) is 1. The second-order valence-corrected chi connectivity index (χ2v) is 6.50. The van der Waals surface area contributed by atoms with E-state index >= 15 is 0 Å². The van der Waals surface area contributed by atoms with Crippen LogP contribution in [0.4, 0.5) is 0 Å². The third kappa shape index (κ3) is 7.03. The van der Waals surface area contributed by atoms with E-state index in [0.717, 1.165) is 19.4 Å². The number of sulfonamides is 1. The third-order valence-corrected chi connectivity index (χ3v) is 4.28. The van der Waals surface area contributed by atoms with Crippen molar-refractivity contribution in [2.45, 2.75) is 44.0 Å². The van der Waals surface area contributed by atoms with Gasteiger partial charge in [0.15, 0.2) is 0 Å². The van der Waals surface area contributed by atoms with Gasteiger partial charge in [0, 0.05) is 39.1 Å². The van der Waals surface area contributed by atoms with Crippen LogP contribution < -0.4 is 4.72 Å². The molecular formula is C13H25N3O4S. The van der Waals surface area contributed by atoms with Crippen LogP contribution in [-0.4, -0.2) is 49.7 Å². The summed E-state index contributed by atoms with van der Waals surface area (Å²) in [5.41, 5.74) is 0. The Morgan fingerprint density at radius 3 is 2.81 bits per heavy atom. The van der Waals surface area contributed by atoms with Gasteiger partial charge in [-0.1, -0.05) is 13.3 Å². The summed E-state index contributed by atoms with van der Waals surface area (Å²) in [6.45, 7) is 4.27. The predicted octanol–water partition coefficient (Wildman–Crippen LogP) is 0.751. The van der Waals surface area contributed by atoms with Crippen molar-refractivity contribution in [1.29, 1.82) is 0 Å². The van der Waals surface area contributed by atoms with E-state index in [9.17, 15) is 8.42 Å².